The highest BCUT2D eigenvalue weighted by Gasteiger charge is 2.45. The number of fused-ring (bicyclic) bond motifs is 3. The summed E-state index contributed by atoms with van der Waals surface area (Å²) >= 11 is 0. The molecule has 0 heterocycles. The summed E-state index contributed by atoms with van der Waals surface area (Å²) in [6, 6.07) is 8.66. The Morgan fingerprint density at radius 1 is 0.920 bits per heavy atom. The van der Waals surface area contributed by atoms with Gasteiger partial charge < -0.3 is 0 Å². The molecule has 4 atom stereocenters. The van der Waals surface area contributed by atoms with Gasteiger partial charge in [0.2, 0.25) is 0 Å². The first-order valence-corrected chi connectivity index (χ1v) is 9.79. The Morgan fingerprint density at radius 3 is 2.72 bits per heavy atom. The lowest BCUT2D eigenvalue weighted by Gasteiger charge is -2.33. The summed E-state index contributed by atoms with van der Waals surface area (Å²) in [4.78, 5) is 0. The summed E-state index contributed by atoms with van der Waals surface area (Å²) in [6.07, 6.45) is 6.02. The minimum Gasteiger partial charge on any atom is -0.0982 e. The minimum absolute atomic E-state index is 0.380. The van der Waals surface area contributed by atoms with Crippen LogP contribution in [0.1, 0.15) is 50.7 Å². The normalized spacial score (nSPS) is 32.1. The van der Waals surface area contributed by atoms with Crippen LogP contribution in [-0.4, -0.2) is 0 Å². The van der Waals surface area contributed by atoms with Gasteiger partial charge in [0.1, 0.15) is 0 Å². The van der Waals surface area contributed by atoms with E-state index in [9.17, 15) is 0 Å². The van der Waals surface area contributed by atoms with Gasteiger partial charge in [-0.3, -0.25) is 0 Å². The molecular weight excluding hydrogens is 300 g/mol. The molecule has 2 unspecified atom stereocenters. The van der Waals surface area contributed by atoms with Crippen molar-refractivity contribution >= 4 is 0 Å². The fourth-order valence-corrected chi connectivity index (χ4v) is 5.19. The molecule has 0 aromatic heterocycles. The third-order valence-corrected chi connectivity index (χ3v) is 6.71. The van der Waals surface area contributed by atoms with E-state index in [4.69, 9.17) is 0 Å². The summed E-state index contributed by atoms with van der Waals surface area (Å²) in [5, 5.41) is 0. The average molecular weight is 324 g/mol. The summed E-state index contributed by atoms with van der Waals surface area (Å²) in [6.45, 7) is 4.76. The maximum Gasteiger partial charge on any atom is 0.0281 e. The van der Waals surface area contributed by atoms with Crippen LogP contribution in [0.5, 0.6) is 0 Å². The molecule has 1 fully saturated rings. The molecule has 0 radical (unpaired) electrons. The summed E-state index contributed by atoms with van der Waals surface area (Å²) in [7, 11) is 0. The van der Waals surface area contributed by atoms with Crippen LogP contribution in [0.3, 0.4) is 0 Å². The van der Waals surface area contributed by atoms with Crippen molar-refractivity contribution < 1.29 is 0 Å². The van der Waals surface area contributed by atoms with Crippen molar-refractivity contribution in [3.05, 3.63) is 57.7 Å². The van der Waals surface area contributed by atoms with Gasteiger partial charge in [0.25, 0.3) is 0 Å². The topological polar surface area (TPSA) is 0 Å². The lowest BCUT2D eigenvalue weighted by Crippen LogP contribution is -2.23. The SMILES string of the molecule is CC1C2=C(CCc3ccccc3C#C2)C(C)C2=C1C#CCC[C@@H]1C[C@H]21. The molecule has 25 heavy (non-hydrogen) atoms. The fraction of sp³-hybridized carbons (Fsp3) is 0.440. The number of allylic oxidation sites excluding steroid dienone is 4. The molecule has 1 aromatic carbocycles. The van der Waals surface area contributed by atoms with E-state index in [1.807, 2.05) is 0 Å². The highest BCUT2D eigenvalue weighted by molar-refractivity contribution is 5.58. The smallest absolute Gasteiger partial charge is 0.0281 e. The van der Waals surface area contributed by atoms with E-state index in [2.05, 4.69) is 61.8 Å². The van der Waals surface area contributed by atoms with Gasteiger partial charge in [-0.2, -0.15) is 0 Å². The first-order valence-electron chi connectivity index (χ1n) is 9.79. The summed E-state index contributed by atoms with van der Waals surface area (Å²) in [5.74, 6) is 16.7. The predicted molar refractivity (Wildman–Crippen MR) is 103 cm³/mol. The van der Waals surface area contributed by atoms with E-state index in [0.717, 1.165) is 31.1 Å². The van der Waals surface area contributed by atoms with Crippen LogP contribution in [0.25, 0.3) is 0 Å². The number of aryl methyl sites for hydroxylation is 1. The van der Waals surface area contributed by atoms with Crippen LogP contribution in [0.4, 0.5) is 0 Å². The van der Waals surface area contributed by atoms with Gasteiger partial charge in [0.05, 0.1) is 0 Å². The second-order valence-electron chi connectivity index (χ2n) is 8.10. The van der Waals surface area contributed by atoms with E-state index < -0.39 is 0 Å². The third-order valence-electron chi connectivity index (χ3n) is 6.71. The second-order valence-corrected chi connectivity index (χ2v) is 8.10. The molecule has 0 N–H and O–H groups in total. The minimum atomic E-state index is 0.380. The van der Waals surface area contributed by atoms with Crippen LogP contribution >= 0.6 is 0 Å². The molecule has 4 aliphatic carbocycles. The maximum atomic E-state index is 3.59. The molecule has 4 aliphatic rings. The van der Waals surface area contributed by atoms with Crippen molar-refractivity contribution in [1.82, 2.24) is 0 Å². The van der Waals surface area contributed by atoms with Crippen molar-refractivity contribution in [1.29, 1.82) is 0 Å². The molecule has 0 bridgehead atoms. The van der Waals surface area contributed by atoms with Crippen molar-refractivity contribution in [2.75, 3.05) is 0 Å². The summed E-state index contributed by atoms with van der Waals surface area (Å²) in [5.41, 5.74) is 8.68. The van der Waals surface area contributed by atoms with Gasteiger partial charge in [-0.15, -0.1) is 0 Å². The van der Waals surface area contributed by atoms with Gasteiger partial charge in [-0.1, -0.05) is 61.3 Å². The Labute approximate surface area is 151 Å². The van der Waals surface area contributed by atoms with Gasteiger partial charge in [0.15, 0.2) is 0 Å². The highest BCUT2D eigenvalue weighted by Crippen LogP contribution is 2.55. The molecule has 0 spiro atoms. The van der Waals surface area contributed by atoms with Gasteiger partial charge in [-0.25, -0.2) is 0 Å². The quantitative estimate of drug-likeness (QED) is 0.568. The Hall–Kier alpha value is -2.18. The van der Waals surface area contributed by atoms with E-state index in [1.54, 1.807) is 11.1 Å². The van der Waals surface area contributed by atoms with Crippen molar-refractivity contribution in [2.24, 2.45) is 23.7 Å². The lowest BCUT2D eigenvalue weighted by molar-refractivity contribution is 0.584. The monoisotopic (exact) mass is 324 g/mol. The largest absolute Gasteiger partial charge is 0.0982 e. The molecule has 0 saturated heterocycles. The van der Waals surface area contributed by atoms with Crippen molar-refractivity contribution in [3.8, 4) is 23.7 Å². The Kier molecular flexibility index (Phi) is 3.43. The fourth-order valence-electron chi connectivity index (χ4n) is 5.19. The Bertz CT molecular complexity index is 931. The average Bonchev–Trinajstić information content (AvgIpc) is 3.32. The molecule has 0 nitrogen and oxygen atoms in total. The van der Waals surface area contributed by atoms with Crippen LogP contribution < -0.4 is 0 Å². The number of hydrogen-bond donors (Lipinski definition) is 0. The molecule has 0 amide bonds. The van der Waals surface area contributed by atoms with Crippen LogP contribution in [0, 0.1) is 47.4 Å². The maximum absolute atomic E-state index is 3.59. The molecular formula is C25H24. The second kappa shape index (κ2) is 5.68. The van der Waals surface area contributed by atoms with E-state index in [0.29, 0.717) is 11.8 Å². The highest BCUT2D eigenvalue weighted by atomic mass is 14.5. The Morgan fingerprint density at radius 2 is 1.80 bits per heavy atom. The zero-order valence-corrected chi connectivity index (χ0v) is 15.2. The van der Waals surface area contributed by atoms with Gasteiger partial charge in [-0.05, 0) is 54.7 Å². The van der Waals surface area contributed by atoms with E-state index in [-0.39, 0.29) is 0 Å². The Balaban J connectivity index is 1.62. The summed E-state index contributed by atoms with van der Waals surface area (Å²) < 4.78 is 0. The first-order chi connectivity index (χ1) is 12.2. The molecule has 124 valence electrons. The van der Waals surface area contributed by atoms with Gasteiger partial charge in [0, 0.05) is 35.0 Å². The number of benzene rings is 1. The van der Waals surface area contributed by atoms with E-state index >= 15 is 0 Å². The standard InChI is InChI=1S/C25H24/c1-16-21-13-11-18-7-3-4-8-19(18)12-14-22(21)17(2)25-23(16)10-6-5-9-20-15-24(20)25/h3-4,7-8,16-17,20,24H,5,9,12,14-15H2,1-2H3/t16?,17?,20-,24+/m1/s1. The van der Waals surface area contributed by atoms with Crippen LogP contribution in [0.15, 0.2) is 46.6 Å². The molecule has 1 saturated carbocycles. The molecule has 0 aliphatic heterocycles. The molecule has 1 aromatic rings. The van der Waals surface area contributed by atoms with Crippen molar-refractivity contribution in [3.63, 3.8) is 0 Å². The van der Waals surface area contributed by atoms with Crippen LogP contribution in [-0.2, 0) is 6.42 Å². The number of hydrogen-bond acceptors (Lipinski definition) is 0. The van der Waals surface area contributed by atoms with Gasteiger partial charge >= 0.3 is 0 Å². The van der Waals surface area contributed by atoms with E-state index in [1.165, 1.54) is 35.1 Å². The van der Waals surface area contributed by atoms with Crippen molar-refractivity contribution in [2.45, 2.75) is 46.0 Å². The third kappa shape index (κ3) is 2.40. The first kappa shape index (κ1) is 15.1. The lowest BCUT2D eigenvalue weighted by atomic mass is 9.70. The molecule has 5 rings (SSSR count). The zero-order chi connectivity index (χ0) is 17.0. The zero-order valence-electron chi connectivity index (χ0n) is 15.2. The molecule has 0 heteroatoms. The predicted octanol–water partition coefficient (Wildman–Crippen LogP) is 5.30. The number of rotatable bonds is 0. The van der Waals surface area contributed by atoms with Crippen LogP contribution in [0.2, 0.25) is 0 Å².